The lowest BCUT2D eigenvalue weighted by atomic mass is 9.89. The topological polar surface area (TPSA) is 29.5 Å². The van der Waals surface area contributed by atoms with E-state index < -0.39 is 0 Å². The highest BCUT2D eigenvalue weighted by molar-refractivity contribution is 5.82. The Labute approximate surface area is 206 Å². The number of hydrogen-bond donors (Lipinski definition) is 0. The van der Waals surface area contributed by atoms with Gasteiger partial charge in [-0.25, -0.2) is 0 Å². The quantitative estimate of drug-likeness (QED) is 0.274. The molecule has 0 radical (unpaired) electrons. The molecular formula is C31H41NO2. The molecule has 0 atom stereocenters. The second-order valence-corrected chi connectivity index (χ2v) is 10.4. The van der Waals surface area contributed by atoms with Gasteiger partial charge in [0.15, 0.2) is 0 Å². The van der Waals surface area contributed by atoms with E-state index in [4.69, 9.17) is 4.74 Å². The number of likely N-dealkylation sites (tertiary alicyclic amines) is 1. The molecule has 0 N–H and O–H groups in total. The number of unbranched alkanes of at least 4 members (excludes halogenated alkanes) is 3. The molecule has 0 bridgehead atoms. The van der Waals surface area contributed by atoms with Crippen LogP contribution in [0.2, 0.25) is 0 Å². The van der Waals surface area contributed by atoms with Gasteiger partial charge in [-0.1, -0.05) is 62.6 Å². The van der Waals surface area contributed by atoms with Crippen molar-refractivity contribution in [3.8, 4) is 0 Å². The highest BCUT2D eigenvalue weighted by Gasteiger charge is 2.29. The van der Waals surface area contributed by atoms with Crippen molar-refractivity contribution in [3.05, 3.63) is 75.9 Å². The molecule has 1 aliphatic heterocycles. The number of aryl methyl sites for hydroxylation is 2. The fourth-order valence-electron chi connectivity index (χ4n) is 5.43. The summed E-state index contributed by atoms with van der Waals surface area (Å²) < 4.78 is 6.10. The Morgan fingerprint density at radius 2 is 1.74 bits per heavy atom. The number of fused-ring (bicyclic) bond motifs is 1. The van der Waals surface area contributed by atoms with Gasteiger partial charge in [-0.2, -0.15) is 0 Å². The molecule has 3 heteroatoms. The van der Waals surface area contributed by atoms with Gasteiger partial charge >= 0.3 is 5.97 Å². The molecule has 2 aromatic rings. The predicted octanol–water partition coefficient (Wildman–Crippen LogP) is 7.39. The third kappa shape index (κ3) is 6.39. The van der Waals surface area contributed by atoms with Crippen molar-refractivity contribution >= 4 is 11.7 Å². The number of ether oxygens (including phenoxy) is 1. The molecule has 2 aliphatic rings. The number of carbonyl (C=O) groups is 1. The predicted molar refractivity (Wildman–Crippen MR) is 140 cm³/mol. The summed E-state index contributed by atoms with van der Waals surface area (Å²) in [6.07, 6.45) is 9.32. The highest BCUT2D eigenvalue weighted by Crippen LogP contribution is 2.40. The molecule has 0 spiro atoms. The van der Waals surface area contributed by atoms with E-state index >= 15 is 0 Å². The number of hydrogen-bond acceptors (Lipinski definition) is 3. The average Bonchev–Trinajstić information content (AvgIpc) is 3.14. The summed E-state index contributed by atoms with van der Waals surface area (Å²) in [6.45, 7) is 9.85. The first-order valence-electron chi connectivity index (χ1n) is 13.3. The van der Waals surface area contributed by atoms with E-state index in [2.05, 4.69) is 68.1 Å². The third-order valence-corrected chi connectivity index (χ3v) is 7.63. The van der Waals surface area contributed by atoms with Crippen LogP contribution in [0.1, 0.15) is 86.1 Å². The molecule has 1 fully saturated rings. The number of piperidine rings is 1. The van der Waals surface area contributed by atoms with Gasteiger partial charge < -0.3 is 4.74 Å². The average molecular weight is 460 g/mol. The first-order valence-corrected chi connectivity index (χ1v) is 13.3. The second kappa shape index (κ2) is 11.8. The standard InChI is InChI=1S/C31H41NO2/c1-4-5-6-10-13-30(33)34-31-28(21-27-18-23(2)24(3)19-29(27)31)20-25-14-16-32(17-15-25)22-26-11-8-7-9-12-26/h7-9,11-12,18-19,25H,4-6,10,13-17,20-22H2,1-3H3. The zero-order valence-electron chi connectivity index (χ0n) is 21.4. The lowest BCUT2D eigenvalue weighted by Crippen LogP contribution is -2.33. The van der Waals surface area contributed by atoms with Crippen LogP contribution in [0, 0.1) is 19.8 Å². The smallest absolute Gasteiger partial charge is 0.311 e. The molecule has 0 aromatic heterocycles. The Balaban J connectivity index is 1.40. The van der Waals surface area contributed by atoms with Crippen LogP contribution in [-0.4, -0.2) is 24.0 Å². The zero-order valence-corrected chi connectivity index (χ0v) is 21.4. The van der Waals surface area contributed by atoms with Gasteiger partial charge in [0, 0.05) is 18.5 Å². The molecule has 1 saturated heterocycles. The van der Waals surface area contributed by atoms with Crippen LogP contribution in [0.3, 0.4) is 0 Å². The van der Waals surface area contributed by atoms with Gasteiger partial charge in [0.1, 0.15) is 5.76 Å². The normalized spacial score (nSPS) is 16.7. The summed E-state index contributed by atoms with van der Waals surface area (Å²) in [6, 6.07) is 15.3. The fourth-order valence-corrected chi connectivity index (χ4v) is 5.43. The first-order chi connectivity index (χ1) is 16.5. The second-order valence-electron chi connectivity index (χ2n) is 10.4. The number of rotatable bonds is 10. The van der Waals surface area contributed by atoms with Crippen LogP contribution in [0.15, 0.2) is 48.0 Å². The minimum atomic E-state index is -0.0626. The van der Waals surface area contributed by atoms with Crippen molar-refractivity contribution in [2.45, 2.75) is 85.1 Å². The van der Waals surface area contributed by atoms with Gasteiger partial charge in [0.05, 0.1) is 0 Å². The fraction of sp³-hybridized carbons (Fsp3) is 0.516. The lowest BCUT2D eigenvalue weighted by molar-refractivity contribution is -0.136. The minimum absolute atomic E-state index is 0.0626. The lowest BCUT2D eigenvalue weighted by Gasteiger charge is -2.32. The zero-order chi connectivity index (χ0) is 23.9. The summed E-state index contributed by atoms with van der Waals surface area (Å²) in [4.78, 5) is 15.3. The number of esters is 1. The molecule has 0 amide bonds. The summed E-state index contributed by atoms with van der Waals surface area (Å²) in [5.41, 5.74) is 7.80. The Morgan fingerprint density at radius 3 is 2.47 bits per heavy atom. The summed E-state index contributed by atoms with van der Waals surface area (Å²) >= 11 is 0. The Bertz CT molecular complexity index is 1000. The molecule has 4 rings (SSSR count). The molecular weight excluding hydrogens is 418 g/mol. The van der Waals surface area contributed by atoms with Crippen LogP contribution >= 0.6 is 0 Å². The van der Waals surface area contributed by atoms with Gasteiger partial charge in [0.2, 0.25) is 0 Å². The number of benzene rings is 2. The van der Waals surface area contributed by atoms with Crippen molar-refractivity contribution < 1.29 is 9.53 Å². The van der Waals surface area contributed by atoms with E-state index in [0.717, 1.165) is 56.6 Å². The maximum Gasteiger partial charge on any atom is 0.311 e. The van der Waals surface area contributed by atoms with Crippen LogP contribution < -0.4 is 0 Å². The van der Waals surface area contributed by atoms with Crippen molar-refractivity contribution in [1.82, 2.24) is 4.90 Å². The third-order valence-electron chi connectivity index (χ3n) is 7.63. The molecule has 182 valence electrons. The monoisotopic (exact) mass is 459 g/mol. The number of allylic oxidation sites excluding steroid dienone is 1. The Kier molecular flexibility index (Phi) is 8.61. The summed E-state index contributed by atoms with van der Waals surface area (Å²) in [7, 11) is 0. The molecule has 1 aliphatic carbocycles. The first kappa shape index (κ1) is 24.7. The molecule has 0 unspecified atom stereocenters. The van der Waals surface area contributed by atoms with Gasteiger partial charge in [-0.15, -0.1) is 0 Å². The van der Waals surface area contributed by atoms with Crippen molar-refractivity contribution in [1.29, 1.82) is 0 Å². The largest absolute Gasteiger partial charge is 0.426 e. The van der Waals surface area contributed by atoms with E-state index in [1.165, 1.54) is 53.5 Å². The maximum atomic E-state index is 12.7. The van der Waals surface area contributed by atoms with Crippen LogP contribution in [-0.2, 0) is 22.5 Å². The van der Waals surface area contributed by atoms with E-state index in [9.17, 15) is 4.79 Å². The maximum absolute atomic E-state index is 12.7. The van der Waals surface area contributed by atoms with E-state index in [1.807, 2.05) is 0 Å². The van der Waals surface area contributed by atoms with Crippen LogP contribution in [0.5, 0.6) is 0 Å². The van der Waals surface area contributed by atoms with Gasteiger partial charge in [-0.05, 0) is 98.9 Å². The van der Waals surface area contributed by atoms with E-state index in [0.29, 0.717) is 12.3 Å². The van der Waals surface area contributed by atoms with Crippen molar-refractivity contribution in [2.24, 2.45) is 5.92 Å². The highest BCUT2D eigenvalue weighted by atomic mass is 16.5. The van der Waals surface area contributed by atoms with Crippen LogP contribution in [0.4, 0.5) is 0 Å². The van der Waals surface area contributed by atoms with E-state index in [-0.39, 0.29) is 5.97 Å². The molecule has 0 saturated carbocycles. The van der Waals surface area contributed by atoms with Crippen molar-refractivity contribution in [3.63, 3.8) is 0 Å². The number of nitrogens with zero attached hydrogens (tertiary/aromatic N) is 1. The molecule has 34 heavy (non-hydrogen) atoms. The van der Waals surface area contributed by atoms with Gasteiger partial charge in [0.25, 0.3) is 0 Å². The molecule has 1 heterocycles. The molecule has 2 aromatic carbocycles. The number of carbonyl (C=O) groups excluding carboxylic acids is 1. The Morgan fingerprint density at radius 1 is 1.00 bits per heavy atom. The van der Waals surface area contributed by atoms with Crippen LogP contribution in [0.25, 0.3) is 5.76 Å². The SMILES string of the molecule is CCCCCCC(=O)OC1=C(CC2CCN(Cc3ccccc3)CC2)Cc2cc(C)c(C)cc21. The minimum Gasteiger partial charge on any atom is -0.426 e. The van der Waals surface area contributed by atoms with E-state index in [1.54, 1.807) is 0 Å². The van der Waals surface area contributed by atoms with Gasteiger partial charge in [-0.3, -0.25) is 9.69 Å². The Hall–Kier alpha value is -2.39. The summed E-state index contributed by atoms with van der Waals surface area (Å²) in [5.74, 6) is 1.48. The van der Waals surface area contributed by atoms with Crippen molar-refractivity contribution in [2.75, 3.05) is 13.1 Å². The summed E-state index contributed by atoms with van der Waals surface area (Å²) in [5, 5.41) is 0. The molecule has 3 nitrogen and oxygen atoms in total.